The molecule has 0 spiro atoms. The van der Waals surface area contributed by atoms with E-state index in [1.165, 1.54) is 25.7 Å². The van der Waals surface area contributed by atoms with Gasteiger partial charge < -0.3 is 29.2 Å². The van der Waals surface area contributed by atoms with Gasteiger partial charge in [0.15, 0.2) is 0 Å². The molecule has 0 aliphatic carbocycles. The molecule has 26 heavy (non-hydrogen) atoms. The Bertz CT molecular complexity index is 283. The lowest BCUT2D eigenvalue weighted by Crippen LogP contribution is -2.48. The van der Waals surface area contributed by atoms with Crippen LogP contribution in [0.4, 0.5) is 0 Å². The number of unbranched alkanes of at least 4 members (excludes halogenated alkanes) is 5. The van der Waals surface area contributed by atoms with E-state index in [2.05, 4.69) is 6.92 Å². The maximum Gasteiger partial charge on any atom is 0.288 e. The molecule has 0 radical (unpaired) electrons. The van der Waals surface area contributed by atoms with Crippen molar-refractivity contribution in [3.8, 4) is 0 Å². The lowest BCUT2D eigenvalue weighted by atomic mass is 9.98. The summed E-state index contributed by atoms with van der Waals surface area (Å²) in [6, 6.07) is 0. The van der Waals surface area contributed by atoms with Crippen molar-refractivity contribution in [1.29, 1.82) is 0 Å². The Morgan fingerprint density at radius 2 is 1.31 bits per heavy atom. The monoisotopic (exact) mass is 378 g/mol. The Kier molecular flexibility index (Phi) is 16.7. The summed E-state index contributed by atoms with van der Waals surface area (Å²) in [6.07, 6.45) is 7.24. The highest BCUT2D eigenvalue weighted by Crippen LogP contribution is 2.31. The van der Waals surface area contributed by atoms with Gasteiger partial charge in [-0.1, -0.05) is 45.4 Å². The van der Waals surface area contributed by atoms with Crippen LogP contribution < -0.4 is 0 Å². The van der Waals surface area contributed by atoms with Gasteiger partial charge in [0.25, 0.3) is 5.97 Å². The smallest absolute Gasteiger partial charge is 0.288 e. The summed E-state index contributed by atoms with van der Waals surface area (Å²) in [5.74, 6) is -1.22. The number of aliphatic hydroxyl groups excluding tert-OH is 2. The van der Waals surface area contributed by atoms with Crippen LogP contribution in [-0.2, 0) is 18.9 Å². The lowest BCUT2D eigenvalue weighted by Gasteiger charge is -2.39. The van der Waals surface area contributed by atoms with Gasteiger partial charge in [-0.05, 0) is 27.2 Å². The molecule has 0 aliphatic heterocycles. The summed E-state index contributed by atoms with van der Waals surface area (Å²) in [7, 11) is 0. The molecule has 6 nitrogen and oxygen atoms in total. The molecule has 0 heterocycles. The Morgan fingerprint density at radius 3 is 1.81 bits per heavy atom. The Labute approximate surface area is 160 Å². The predicted octanol–water partition coefficient (Wildman–Crippen LogP) is 3.49. The maximum atomic E-state index is 9.51. The van der Waals surface area contributed by atoms with E-state index >= 15 is 0 Å². The number of hydrogen-bond donors (Lipinski definition) is 2. The fourth-order valence-corrected chi connectivity index (χ4v) is 3.01. The molecule has 0 saturated heterocycles. The number of hydrogen-bond acceptors (Lipinski definition) is 6. The van der Waals surface area contributed by atoms with E-state index < -0.39 is 12.1 Å². The number of rotatable bonds is 19. The van der Waals surface area contributed by atoms with Crippen molar-refractivity contribution in [2.45, 2.75) is 84.7 Å². The number of ether oxygens (including phenoxy) is 4. The van der Waals surface area contributed by atoms with Crippen LogP contribution in [0.25, 0.3) is 0 Å². The van der Waals surface area contributed by atoms with Crippen LogP contribution in [0, 0.1) is 5.92 Å². The van der Waals surface area contributed by atoms with Gasteiger partial charge in [0.05, 0.1) is 25.7 Å². The molecule has 0 amide bonds. The van der Waals surface area contributed by atoms with E-state index in [0.29, 0.717) is 26.4 Å². The normalized spacial score (nSPS) is 14.5. The van der Waals surface area contributed by atoms with Gasteiger partial charge in [-0.3, -0.25) is 0 Å². The van der Waals surface area contributed by atoms with Gasteiger partial charge in [-0.25, -0.2) is 0 Å². The zero-order valence-corrected chi connectivity index (χ0v) is 17.4. The quantitative estimate of drug-likeness (QED) is 0.265. The van der Waals surface area contributed by atoms with Gasteiger partial charge in [0.2, 0.25) is 0 Å². The van der Waals surface area contributed by atoms with E-state index in [1.54, 1.807) is 0 Å². The second-order valence-corrected chi connectivity index (χ2v) is 6.53. The molecule has 2 atom stereocenters. The van der Waals surface area contributed by atoms with Crippen LogP contribution in [0.3, 0.4) is 0 Å². The minimum Gasteiger partial charge on any atom is -0.394 e. The van der Waals surface area contributed by atoms with Crippen LogP contribution in [0.2, 0.25) is 0 Å². The average Bonchev–Trinajstić information content (AvgIpc) is 2.63. The number of aliphatic hydroxyl groups is 2. The highest BCUT2D eigenvalue weighted by atomic mass is 16.9. The molecule has 158 valence electrons. The van der Waals surface area contributed by atoms with Gasteiger partial charge in [0.1, 0.15) is 6.10 Å². The largest absolute Gasteiger partial charge is 0.394 e. The van der Waals surface area contributed by atoms with Crippen molar-refractivity contribution in [3.05, 3.63) is 0 Å². The first-order valence-corrected chi connectivity index (χ1v) is 10.4. The van der Waals surface area contributed by atoms with Crippen LogP contribution in [0.1, 0.15) is 72.6 Å². The van der Waals surface area contributed by atoms with Gasteiger partial charge in [-0.15, -0.1) is 0 Å². The molecule has 2 unspecified atom stereocenters. The zero-order valence-electron chi connectivity index (χ0n) is 17.4. The van der Waals surface area contributed by atoms with Gasteiger partial charge in [0, 0.05) is 19.8 Å². The van der Waals surface area contributed by atoms with E-state index in [9.17, 15) is 5.11 Å². The van der Waals surface area contributed by atoms with E-state index in [4.69, 9.17) is 24.1 Å². The van der Waals surface area contributed by atoms with E-state index in [-0.39, 0.29) is 19.1 Å². The third-order valence-corrected chi connectivity index (χ3v) is 4.28. The predicted molar refractivity (Wildman–Crippen MR) is 103 cm³/mol. The highest BCUT2D eigenvalue weighted by Gasteiger charge is 2.42. The minimum absolute atomic E-state index is 0.0873. The van der Waals surface area contributed by atoms with Crippen LogP contribution in [0.5, 0.6) is 0 Å². The molecule has 0 aliphatic rings. The third-order valence-electron chi connectivity index (χ3n) is 4.28. The summed E-state index contributed by atoms with van der Waals surface area (Å²) in [5.41, 5.74) is 0. The van der Waals surface area contributed by atoms with Crippen molar-refractivity contribution in [2.75, 3.05) is 39.6 Å². The van der Waals surface area contributed by atoms with Crippen molar-refractivity contribution in [3.63, 3.8) is 0 Å². The van der Waals surface area contributed by atoms with Crippen LogP contribution >= 0.6 is 0 Å². The van der Waals surface area contributed by atoms with Crippen LogP contribution in [-0.4, -0.2) is 61.9 Å². The van der Waals surface area contributed by atoms with Crippen LogP contribution in [0.15, 0.2) is 0 Å². The topological polar surface area (TPSA) is 77.4 Å². The lowest BCUT2D eigenvalue weighted by molar-refractivity contribution is -0.406. The summed E-state index contributed by atoms with van der Waals surface area (Å²) in [6.45, 7) is 9.55. The van der Waals surface area contributed by atoms with Crippen molar-refractivity contribution < 1.29 is 29.2 Å². The summed E-state index contributed by atoms with van der Waals surface area (Å²) < 4.78 is 23.4. The SMILES string of the molecule is CCCCCCCCC(COCC(O)CO)C(OCC)(OCC)OCC. The Balaban J connectivity index is 4.85. The minimum atomic E-state index is -1.12. The molecule has 2 N–H and O–H groups in total. The Hall–Kier alpha value is -0.240. The van der Waals surface area contributed by atoms with E-state index in [0.717, 1.165) is 19.3 Å². The maximum absolute atomic E-state index is 9.51. The molecule has 0 aromatic carbocycles. The second-order valence-electron chi connectivity index (χ2n) is 6.53. The molecular weight excluding hydrogens is 336 g/mol. The molecule has 0 aromatic rings. The summed E-state index contributed by atoms with van der Waals surface area (Å²) in [4.78, 5) is 0. The highest BCUT2D eigenvalue weighted by molar-refractivity contribution is 4.73. The van der Waals surface area contributed by atoms with Crippen molar-refractivity contribution in [2.24, 2.45) is 5.92 Å². The molecule has 0 aromatic heterocycles. The molecule has 0 rings (SSSR count). The standard InChI is InChI=1S/C20H42O6/c1-5-9-10-11-12-13-14-18(16-23-17-19(22)15-21)20(24-6-2,25-7-3)26-8-4/h18-19,21-22H,5-17H2,1-4H3. The third kappa shape index (κ3) is 10.8. The molecule has 6 heteroatoms. The van der Waals surface area contributed by atoms with E-state index in [1.807, 2.05) is 20.8 Å². The fraction of sp³-hybridized carbons (Fsp3) is 1.00. The molecule has 0 fully saturated rings. The molecule has 0 saturated carbocycles. The Morgan fingerprint density at radius 1 is 0.769 bits per heavy atom. The van der Waals surface area contributed by atoms with Gasteiger partial charge >= 0.3 is 0 Å². The fourth-order valence-electron chi connectivity index (χ4n) is 3.01. The first kappa shape index (κ1) is 25.8. The second kappa shape index (κ2) is 16.9. The first-order valence-electron chi connectivity index (χ1n) is 10.4. The first-order chi connectivity index (χ1) is 12.6. The molecule has 0 bridgehead atoms. The zero-order chi connectivity index (χ0) is 19.7. The summed E-state index contributed by atoms with van der Waals surface area (Å²) >= 11 is 0. The van der Waals surface area contributed by atoms with Crippen molar-refractivity contribution in [1.82, 2.24) is 0 Å². The molecular formula is C20H42O6. The summed E-state index contributed by atoms with van der Waals surface area (Å²) in [5, 5.41) is 18.5. The average molecular weight is 379 g/mol. The van der Waals surface area contributed by atoms with Crippen molar-refractivity contribution >= 4 is 0 Å². The van der Waals surface area contributed by atoms with Gasteiger partial charge in [-0.2, -0.15) is 0 Å².